The average Bonchev–Trinajstić information content (AvgIpc) is 2.49. The molecule has 0 bridgehead atoms. The predicted molar refractivity (Wildman–Crippen MR) is 73.6 cm³/mol. The molecule has 5 heteroatoms. The van der Waals surface area contributed by atoms with Crippen LogP contribution < -0.4 is 4.74 Å². The highest BCUT2D eigenvalue weighted by Gasteiger charge is 2.20. The molecule has 0 spiro atoms. The number of nitrogens with zero attached hydrogens (tertiary/aromatic N) is 1. The number of benzene rings is 1. The molecule has 2 rings (SSSR count). The summed E-state index contributed by atoms with van der Waals surface area (Å²) in [6, 6.07) is 5.15. The van der Waals surface area contributed by atoms with Crippen LogP contribution in [-0.4, -0.2) is 37.5 Å². The van der Waals surface area contributed by atoms with Gasteiger partial charge in [-0.05, 0) is 25.0 Å². The van der Waals surface area contributed by atoms with Crippen LogP contribution >= 0.6 is 0 Å². The van der Waals surface area contributed by atoms with Crippen molar-refractivity contribution < 1.29 is 19.1 Å². The van der Waals surface area contributed by atoms with Gasteiger partial charge in [0.15, 0.2) is 0 Å². The number of methoxy groups -OCH3 is 2. The van der Waals surface area contributed by atoms with Gasteiger partial charge in [0, 0.05) is 25.1 Å². The summed E-state index contributed by atoms with van der Waals surface area (Å²) < 4.78 is 10.00. The van der Waals surface area contributed by atoms with E-state index in [2.05, 4.69) is 4.74 Å². The molecule has 0 unspecified atom stereocenters. The number of amides is 1. The van der Waals surface area contributed by atoms with Crippen LogP contribution in [0.5, 0.6) is 5.75 Å². The van der Waals surface area contributed by atoms with E-state index in [4.69, 9.17) is 4.74 Å². The summed E-state index contributed by atoms with van der Waals surface area (Å²) in [6.45, 7) is 1.30. The second kappa shape index (κ2) is 6.41. The quantitative estimate of drug-likeness (QED) is 0.790. The van der Waals surface area contributed by atoms with Gasteiger partial charge in [-0.3, -0.25) is 4.79 Å². The summed E-state index contributed by atoms with van der Waals surface area (Å²) in [6.07, 6.45) is 2.62. The van der Waals surface area contributed by atoms with E-state index in [-0.39, 0.29) is 5.91 Å². The van der Waals surface area contributed by atoms with Gasteiger partial charge < -0.3 is 14.4 Å². The Morgan fingerprint density at radius 2 is 2.10 bits per heavy atom. The van der Waals surface area contributed by atoms with Crippen LogP contribution in [0.3, 0.4) is 0 Å². The predicted octanol–water partition coefficient (Wildman–Crippen LogP) is 1.99. The van der Waals surface area contributed by atoms with E-state index >= 15 is 0 Å². The van der Waals surface area contributed by atoms with E-state index in [1.165, 1.54) is 7.11 Å². The second-order valence-electron chi connectivity index (χ2n) is 4.79. The Morgan fingerprint density at radius 1 is 1.30 bits per heavy atom. The first kappa shape index (κ1) is 14.4. The maximum Gasteiger partial charge on any atom is 0.337 e. The van der Waals surface area contributed by atoms with Gasteiger partial charge in [-0.1, -0.05) is 6.07 Å². The monoisotopic (exact) mass is 277 g/mol. The third-order valence-corrected chi connectivity index (χ3v) is 3.49. The minimum Gasteiger partial charge on any atom is -0.496 e. The number of ether oxygens (including phenoxy) is 2. The van der Waals surface area contributed by atoms with Crippen molar-refractivity contribution in [3.05, 3.63) is 29.3 Å². The lowest BCUT2D eigenvalue weighted by atomic mass is 10.1. The van der Waals surface area contributed by atoms with Crippen LogP contribution in [0.4, 0.5) is 0 Å². The number of likely N-dealkylation sites (tertiary alicyclic amines) is 1. The molecule has 0 N–H and O–H groups in total. The maximum absolute atomic E-state index is 11.8. The van der Waals surface area contributed by atoms with Crippen molar-refractivity contribution in [2.24, 2.45) is 0 Å². The highest BCUT2D eigenvalue weighted by molar-refractivity contribution is 5.90. The molecular formula is C15H19NO4. The number of carbonyl (C=O) groups excluding carboxylic acids is 2. The number of piperidine rings is 1. The minimum atomic E-state index is -0.399. The van der Waals surface area contributed by atoms with E-state index in [9.17, 15) is 9.59 Å². The Kier molecular flexibility index (Phi) is 4.61. The fourth-order valence-corrected chi connectivity index (χ4v) is 2.35. The van der Waals surface area contributed by atoms with Gasteiger partial charge in [0.05, 0.1) is 19.8 Å². The minimum absolute atomic E-state index is 0.176. The third kappa shape index (κ3) is 3.10. The van der Waals surface area contributed by atoms with E-state index in [1.54, 1.807) is 19.2 Å². The summed E-state index contributed by atoms with van der Waals surface area (Å²) in [5.74, 6) is 0.380. The molecular weight excluding hydrogens is 258 g/mol. The highest BCUT2D eigenvalue weighted by atomic mass is 16.5. The maximum atomic E-state index is 11.8. The summed E-state index contributed by atoms with van der Waals surface area (Å²) >= 11 is 0. The number of hydrogen-bond acceptors (Lipinski definition) is 4. The van der Waals surface area contributed by atoms with Crippen LogP contribution in [0.2, 0.25) is 0 Å². The summed E-state index contributed by atoms with van der Waals surface area (Å²) in [5.41, 5.74) is 1.34. The van der Waals surface area contributed by atoms with E-state index in [0.29, 0.717) is 24.3 Å². The van der Waals surface area contributed by atoms with Gasteiger partial charge in [-0.25, -0.2) is 4.79 Å². The van der Waals surface area contributed by atoms with Crippen molar-refractivity contribution in [2.75, 3.05) is 20.8 Å². The average molecular weight is 277 g/mol. The first-order valence-corrected chi connectivity index (χ1v) is 6.68. The van der Waals surface area contributed by atoms with Crippen molar-refractivity contribution in [3.63, 3.8) is 0 Å². The lowest BCUT2D eigenvalue weighted by Crippen LogP contribution is -2.34. The Hall–Kier alpha value is -2.04. The molecule has 1 aromatic rings. The molecule has 108 valence electrons. The molecule has 0 saturated carbocycles. The lowest BCUT2D eigenvalue weighted by molar-refractivity contribution is -0.133. The van der Waals surface area contributed by atoms with Gasteiger partial charge in [-0.2, -0.15) is 0 Å². The first-order valence-electron chi connectivity index (χ1n) is 6.68. The van der Waals surface area contributed by atoms with Crippen molar-refractivity contribution in [1.82, 2.24) is 4.90 Å². The molecule has 1 aliphatic rings. The van der Waals surface area contributed by atoms with E-state index in [1.807, 2.05) is 11.0 Å². The van der Waals surface area contributed by atoms with Gasteiger partial charge in [0.2, 0.25) is 5.91 Å². The standard InChI is InChI=1S/C15H19NO4/c1-19-13-9-11(15(18)20-2)6-7-12(13)10-16-8-4-3-5-14(16)17/h6-7,9H,3-5,8,10H2,1-2H3. The number of hydrogen-bond donors (Lipinski definition) is 0. The zero-order chi connectivity index (χ0) is 14.5. The highest BCUT2D eigenvalue weighted by Crippen LogP contribution is 2.24. The molecule has 1 saturated heterocycles. The molecule has 0 aromatic heterocycles. The molecule has 1 aliphatic heterocycles. The summed E-state index contributed by atoms with van der Waals surface area (Å²) in [5, 5.41) is 0. The molecule has 0 aliphatic carbocycles. The van der Waals surface area contributed by atoms with Crippen LogP contribution in [-0.2, 0) is 16.1 Å². The van der Waals surface area contributed by atoms with Crippen LogP contribution in [0.1, 0.15) is 35.2 Å². The van der Waals surface area contributed by atoms with Gasteiger partial charge in [-0.15, -0.1) is 0 Å². The largest absolute Gasteiger partial charge is 0.496 e. The Balaban J connectivity index is 2.18. The molecule has 0 atom stereocenters. The number of esters is 1. The van der Waals surface area contributed by atoms with E-state index in [0.717, 1.165) is 24.9 Å². The Morgan fingerprint density at radius 3 is 2.75 bits per heavy atom. The van der Waals surface area contributed by atoms with Gasteiger partial charge in [0.25, 0.3) is 0 Å². The van der Waals surface area contributed by atoms with Crippen LogP contribution in [0.15, 0.2) is 18.2 Å². The molecule has 0 radical (unpaired) electrons. The van der Waals surface area contributed by atoms with Crippen LogP contribution in [0.25, 0.3) is 0 Å². The fourth-order valence-electron chi connectivity index (χ4n) is 2.35. The SMILES string of the molecule is COC(=O)c1ccc(CN2CCCCC2=O)c(OC)c1. The normalized spacial score (nSPS) is 15.1. The van der Waals surface area contributed by atoms with Crippen LogP contribution in [0, 0.1) is 0 Å². The Bertz CT molecular complexity index is 513. The Labute approximate surface area is 118 Å². The lowest BCUT2D eigenvalue weighted by Gasteiger charge is -2.27. The summed E-state index contributed by atoms with van der Waals surface area (Å²) in [4.78, 5) is 25.2. The molecule has 1 amide bonds. The van der Waals surface area contributed by atoms with Crippen molar-refractivity contribution in [3.8, 4) is 5.75 Å². The smallest absolute Gasteiger partial charge is 0.337 e. The van der Waals surface area contributed by atoms with Crippen molar-refractivity contribution in [1.29, 1.82) is 0 Å². The molecule has 1 fully saturated rings. The zero-order valence-electron chi connectivity index (χ0n) is 11.8. The second-order valence-corrected chi connectivity index (χ2v) is 4.79. The van der Waals surface area contributed by atoms with Crippen molar-refractivity contribution in [2.45, 2.75) is 25.8 Å². The first-order chi connectivity index (χ1) is 9.65. The summed E-state index contributed by atoms with van der Waals surface area (Å²) in [7, 11) is 2.90. The molecule has 1 aromatic carbocycles. The van der Waals surface area contributed by atoms with E-state index < -0.39 is 5.97 Å². The molecule has 20 heavy (non-hydrogen) atoms. The van der Waals surface area contributed by atoms with Crippen molar-refractivity contribution >= 4 is 11.9 Å². The number of rotatable bonds is 4. The molecule has 1 heterocycles. The fraction of sp³-hybridized carbons (Fsp3) is 0.467. The topological polar surface area (TPSA) is 55.8 Å². The van der Waals surface area contributed by atoms with Gasteiger partial charge >= 0.3 is 5.97 Å². The number of carbonyl (C=O) groups is 2. The molecule has 5 nitrogen and oxygen atoms in total. The third-order valence-electron chi connectivity index (χ3n) is 3.49. The zero-order valence-corrected chi connectivity index (χ0v) is 11.8. The van der Waals surface area contributed by atoms with Gasteiger partial charge in [0.1, 0.15) is 5.75 Å².